The highest BCUT2D eigenvalue weighted by molar-refractivity contribution is 7.20. The van der Waals surface area contributed by atoms with Crippen molar-refractivity contribution in [2.24, 2.45) is 5.92 Å². The molecule has 0 spiro atoms. The molecular weight excluding hydrogens is 476 g/mol. The van der Waals surface area contributed by atoms with Gasteiger partial charge in [-0.2, -0.15) is 0 Å². The van der Waals surface area contributed by atoms with Crippen LogP contribution in [0.15, 0.2) is 42.5 Å². The fraction of sp³-hybridized carbons (Fsp3) is 0.346. The van der Waals surface area contributed by atoms with Crippen molar-refractivity contribution in [3.05, 3.63) is 64.5 Å². The molecule has 2 N–H and O–H groups in total. The van der Waals surface area contributed by atoms with Crippen molar-refractivity contribution in [2.75, 3.05) is 6.54 Å². The minimum atomic E-state index is -1.00. The fourth-order valence-corrected chi connectivity index (χ4v) is 5.24. The Kier molecular flexibility index (Phi) is 7.75. The SMILES string of the molecule is O=C(NCCCC(=O)c1c(F)cc(OC2CCC(C(=O)O)CC2)cc1F)c1cc2ccccc2s1. The first-order chi connectivity index (χ1) is 16.8. The summed E-state index contributed by atoms with van der Waals surface area (Å²) in [5.41, 5.74) is -0.622. The molecule has 0 saturated heterocycles. The smallest absolute Gasteiger partial charge is 0.306 e. The van der Waals surface area contributed by atoms with Crippen LogP contribution in [0.2, 0.25) is 0 Å². The summed E-state index contributed by atoms with van der Waals surface area (Å²) < 4.78 is 35.8. The second kappa shape index (κ2) is 10.9. The van der Waals surface area contributed by atoms with Crippen molar-refractivity contribution in [1.82, 2.24) is 5.32 Å². The monoisotopic (exact) mass is 501 g/mol. The lowest BCUT2D eigenvalue weighted by atomic mass is 9.87. The van der Waals surface area contributed by atoms with E-state index < -0.39 is 34.9 Å². The molecule has 3 aromatic rings. The topological polar surface area (TPSA) is 92.7 Å². The van der Waals surface area contributed by atoms with Gasteiger partial charge in [0, 0.05) is 29.8 Å². The number of carbonyl (C=O) groups is 3. The highest BCUT2D eigenvalue weighted by atomic mass is 32.1. The molecule has 6 nitrogen and oxygen atoms in total. The highest BCUT2D eigenvalue weighted by Crippen LogP contribution is 2.30. The molecule has 9 heteroatoms. The third-order valence-electron chi connectivity index (χ3n) is 6.14. The zero-order valence-corrected chi connectivity index (χ0v) is 19.7. The number of hydrogen-bond acceptors (Lipinski definition) is 5. The molecule has 1 aliphatic rings. The highest BCUT2D eigenvalue weighted by Gasteiger charge is 2.27. The van der Waals surface area contributed by atoms with Gasteiger partial charge in [-0.3, -0.25) is 14.4 Å². The quantitative estimate of drug-likeness (QED) is 0.294. The van der Waals surface area contributed by atoms with E-state index in [1.165, 1.54) is 11.3 Å². The number of rotatable bonds is 9. The molecule has 1 saturated carbocycles. The Morgan fingerprint density at radius 3 is 2.37 bits per heavy atom. The van der Waals surface area contributed by atoms with Gasteiger partial charge in [0.25, 0.3) is 5.91 Å². The predicted molar refractivity (Wildman–Crippen MR) is 128 cm³/mol. The van der Waals surface area contributed by atoms with Crippen LogP contribution >= 0.6 is 11.3 Å². The van der Waals surface area contributed by atoms with Crippen molar-refractivity contribution in [2.45, 2.75) is 44.6 Å². The number of carboxylic acids is 1. The second-order valence-corrected chi connectivity index (χ2v) is 9.71. The first kappa shape index (κ1) is 24.8. The second-order valence-electron chi connectivity index (χ2n) is 8.62. The fourth-order valence-electron chi connectivity index (χ4n) is 4.26. The molecule has 1 aliphatic carbocycles. The van der Waals surface area contributed by atoms with Crippen molar-refractivity contribution in [3.8, 4) is 5.75 Å². The Bertz CT molecular complexity index is 1190. The lowest BCUT2D eigenvalue weighted by Gasteiger charge is -2.26. The summed E-state index contributed by atoms with van der Waals surface area (Å²) in [6.45, 7) is 0.197. The maximum atomic E-state index is 14.6. The van der Waals surface area contributed by atoms with Gasteiger partial charge >= 0.3 is 5.97 Å². The predicted octanol–water partition coefficient (Wildman–Crippen LogP) is 5.59. The molecular formula is C26H25F2NO5S. The summed E-state index contributed by atoms with van der Waals surface area (Å²) in [7, 11) is 0. The molecule has 1 fully saturated rings. The zero-order chi connectivity index (χ0) is 24.9. The Balaban J connectivity index is 1.27. The van der Waals surface area contributed by atoms with Crippen LogP contribution in [0.5, 0.6) is 5.75 Å². The molecule has 0 radical (unpaired) electrons. The number of fused-ring (bicyclic) bond motifs is 1. The van der Waals surface area contributed by atoms with Gasteiger partial charge in [-0.1, -0.05) is 18.2 Å². The van der Waals surface area contributed by atoms with Gasteiger partial charge in [0.05, 0.1) is 22.5 Å². The van der Waals surface area contributed by atoms with Crippen molar-refractivity contribution in [3.63, 3.8) is 0 Å². The Morgan fingerprint density at radius 2 is 1.71 bits per heavy atom. The van der Waals surface area contributed by atoms with E-state index in [2.05, 4.69) is 5.32 Å². The van der Waals surface area contributed by atoms with Crippen LogP contribution in [0.3, 0.4) is 0 Å². The van der Waals surface area contributed by atoms with E-state index in [0.717, 1.165) is 22.2 Å². The molecule has 0 atom stereocenters. The van der Waals surface area contributed by atoms with E-state index in [1.807, 2.05) is 24.3 Å². The van der Waals surface area contributed by atoms with Gasteiger partial charge < -0.3 is 15.2 Å². The van der Waals surface area contributed by atoms with Crippen molar-refractivity contribution < 1.29 is 33.0 Å². The van der Waals surface area contributed by atoms with E-state index in [4.69, 9.17) is 9.84 Å². The molecule has 1 amide bonds. The summed E-state index contributed by atoms with van der Waals surface area (Å²) in [6.07, 6.45) is 1.64. The van der Waals surface area contributed by atoms with E-state index in [-0.39, 0.29) is 37.1 Å². The van der Waals surface area contributed by atoms with Gasteiger partial charge in [0.2, 0.25) is 0 Å². The number of Topliss-reactive ketones (excluding diaryl/α,β-unsaturated/α-hetero) is 1. The molecule has 4 rings (SSSR count). The average molecular weight is 502 g/mol. The lowest BCUT2D eigenvalue weighted by Crippen LogP contribution is -2.28. The summed E-state index contributed by atoms with van der Waals surface area (Å²) >= 11 is 1.37. The summed E-state index contributed by atoms with van der Waals surface area (Å²) in [6, 6.07) is 11.4. The van der Waals surface area contributed by atoms with E-state index in [0.29, 0.717) is 30.6 Å². The number of thiophene rings is 1. The average Bonchev–Trinajstić information content (AvgIpc) is 3.26. The van der Waals surface area contributed by atoms with E-state index in [1.54, 1.807) is 6.07 Å². The van der Waals surface area contributed by atoms with Crippen LogP contribution in [0, 0.1) is 17.6 Å². The molecule has 184 valence electrons. The number of ketones is 1. The third-order valence-corrected chi connectivity index (χ3v) is 7.25. The zero-order valence-electron chi connectivity index (χ0n) is 18.9. The van der Waals surface area contributed by atoms with Gasteiger partial charge in [-0.25, -0.2) is 8.78 Å². The van der Waals surface area contributed by atoms with E-state index >= 15 is 0 Å². The number of nitrogens with one attached hydrogen (secondary N) is 1. The van der Waals surface area contributed by atoms with Crippen LogP contribution in [0.1, 0.15) is 58.6 Å². The van der Waals surface area contributed by atoms with Crippen LogP contribution in [0.25, 0.3) is 10.1 Å². The Morgan fingerprint density at radius 1 is 1.03 bits per heavy atom. The summed E-state index contributed by atoms with van der Waals surface area (Å²) in [5, 5.41) is 12.8. The van der Waals surface area contributed by atoms with Gasteiger partial charge in [0.15, 0.2) is 5.78 Å². The summed E-state index contributed by atoms with van der Waals surface area (Å²) in [4.78, 5) is 36.4. The third kappa shape index (κ3) is 6.03. The molecule has 0 bridgehead atoms. The van der Waals surface area contributed by atoms with Crippen molar-refractivity contribution >= 4 is 39.1 Å². The minimum absolute atomic E-state index is 0.0223. The number of amides is 1. The number of carboxylic acid groups (broad SMARTS) is 1. The Hall–Kier alpha value is -3.33. The first-order valence-corrected chi connectivity index (χ1v) is 12.3. The largest absolute Gasteiger partial charge is 0.490 e. The number of halogens is 2. The molecule has 2 aromatic carbocycles. The number of carbonyl (C=O) groups excluding carboxylic acids is 2. The van der Waals surface area contributed by atoms with Crippen LogP contribution in [-0.4, -0.2) is 35.4 Å². The van der Waals surface area contributed by atoms with E-state index in [9.17, 15) is 23.2 Å². The number of benzene rings is 2. The van der Waals surface area contributed by atoms with Crippen LogP contribution in [-0.2, 0) is 4.79 Å². The first-order valence-electron chi connectivity index (χ1n) is 11.5. The Labute approximate surface area is 204 Å². The maximum Gasteiger partial charge on any atom is 0.306 e. The van der Waals surface area contributed by atoms with Gasteiger partial charge in [-0.05, 0) is 49.6 Å². The van der Waals surface area contributed by atoms with Crippen molar-refractivity contribution in [1.29, 1.82) is 0 Å². The van der Waals surface area contributed by atoms with Gasteiger partial charge in [-0.15, -0.1) is 11.3 Å². The molecule has 0 unspecified atom stereocenters. The number of hydrogen-bond donors (Lipinski definition) is 2. The minimum Gasteiger partial charge on any atom is -0.490 e. The van der Waals surface area contributed by atoms with Gasteiger partial charge in [0.1, 0.15) is 17.4 Å². The van der Waals surface area contributed by atoms with Crippen LogP contribution in [0.4, 0.5) is 8.78 Å². The van der Waals surface area contributed by atoms with Crippen LogP contribution < -0.4 is 10.1 Å². The molecule has 0 aliphatic heterocycles. The maximum absolute atomic E-state index is 14.6. The lowest BCUT2D eigenvalue weighted by molar-refractivity contribution is -0.143. The number of aliphatic carboxylic acids is 1. The number of ether oxygens (including phenoxy) is 1. The summed E-state index contributed by atoms with van der Waals surface area (Å²) in [5.74, 6) is -4.23. The standard InChI is InChI=1S/C26H25F2NO5S/c27-19-13-18(34-17-9-7-15(8-10-17)26(32)33)14-20(28)24(19)21(30)5-3-11-29-25(31)23-12-16-4-1-2-6-22(16)35-23/h1-2,4,6,12-15,17H,3,5,7-11H2,(H,29,31)(H,32,33). The molecule has 35 heavy (non-hydrogen) atoms. The molecule has 1 heterocycles. The molecule has 1 aromatic heterocycles. The normalized spacial score (nSPS) is 17.8.